The second kappa shape index (κ2) is 14.5. The first kappa shape index (κ1) is 30.7. The zero-order valence-electron chi connectivity index (χ0n) is 24.3. The van der Waals surface area contributed by atoms with Gasteiger partial charge in [0.15, 0.2) is 0 Å². The topological polar surface area (TPSA) is 135 Å². The maximum atomic E-state index is 13.5. The predicted molar refractivity (Wildman–Crippen MR) is 152 cm³/mol. The molecule has 2 aliphatic rings. The number of hydrogen-bond acceptors (Lipinski definition) is 6. The van der Waals surface area contributed by atoms with Gasteiger partial charge in [-0.25, -0.2) is 9.78 Å². The van der Waals surface area contributed by atoms with Gasteiger partial charge in [-0.3, -0.25) is 9.59 Å². The van der Waals surface area contributed by atoms with Crippen molar-refractivity contribution in [3.63, 3.8) is 0 Å². The molecule has 3 rings (SSSR count). The lowest BCUT2D eigenvalue weighted by atomic mass is 9.62. The number of anilines is 1. The van der Waals surface area contributed by atoms with Crippen LogP contribution in [0.1, 0.15) is 91.0 Å². The molecule has 1 aromatic heterocycles. The fourth-order valence-electron chi connectivity index (χ4n) is 6.15. The minimum atomic E-state index is -0.544. The largest absolute Gasteiger partial charge is 0.444 e. The fourth-order valence-corrected chi connectivity index (χ4v) is 6.15. The number of nitrogens with two attached hydrogens (primary N) is 1. The first-order valence-electron chi connectivity index (χ1n) is 14.7. The molecule has 1 heterocycles. The third-order valence-corrected chi connectivity index (χ3v) is 8.18. The second-order valence-corrected chi connectivity index (χ2v) is 12.5. The number of hydrogen-bond donors (Lipinski definition) is 4. The number of nitrogen functional groups attached to an aromatic ring is 1. The number of aromatic nitrogens is 1. The van der Waals surface area contributed by atoms with Gasteiger partial charge >= 0.3 is 6.09 Å². The van der Waals surface area contributed by atoms with Crippen molar-refractivity contribution in [2.45, 2.75) is 97.6 Å². The molecule has 0 aliphatic heterocycles. The Morgan fingerprint density at radius 1 is 1.03 bits per heavy atom. The van der Waals surface area contributed by atoms with Gasteiger partial charge in [-0.05, 0) is 75.3 Å². The summed E-state index contributed by atoms with van der Waals surface area (Å²) >= 11 is 0. The van der Waals surface area contributed by atoms with E-state index in [1.165, 1.54) is 32.1 Å². The summed E-state index contributed by atoms with van der Waals surface area (Å²) in [5.41, 5.74) is 6.04. The lowest BCUT2D eigenvalue weighted by molar-refractivity contribution is -0.129. The number of pyridine rings is 1. The number of nitrogens with one attached hydrogen (secondary N) is 3. The molecule has 0 bridgehead atoms. The number of fused-ring (bicyclic) bond motifs is 1. The third-order valence-electron chi connectivity index (χ3n) is 8.18. The van der Waals surface area contributed by atoms with E-state index in [1.54, 1.807) is 12.3 Å². The van der Waals surface area contributed by atoms with Gasteiger partial charge in [0.25, 0.3) is 0 Å². The summed E-state index contributed by atoms with van der Waals surface area (Å²) in [6, 6.07) is 3.60. The molecule has 9 heteroatoms. The Morgan fingerprint density at radius 2 is 1.77 bits per heavy atom. The number of carbonyl (C=O) groups is 3. The van der Waals surface area contributed by atoms with E-state index in [-0.39, 0.29) is 29.6 Å². The quantitative estimate of drug-likeness (QED) is 0.323. The fraction of sp³-hybridized carbons (Fsp3) is 0.733. The maximum absolute atomic E-state index is 13.5. The first-order chi connectivity index (χ1) is 18.5. The molecule has 9 nitrogen and oxygen atoms in total. The van der Waals surface area contributed by atoms with E-state index < -0.39 is 11.7 Å². The second-order valence-electron chi connectivity index (χ2n) is 12.5. The van der Waals surface area contributed by atoms with Crippen molar-refractivity contribution in [3.05, 3.63) is 23.9 Å². The Balaban J connectivity index is 1.53. The molecule has 5 N–H and O–H groups in total. The van der Waals surface area contributed by atoms with Crippen molar-refractivity contribution in [1.82, 2.24) is 20.9 Å². The molecule has 39 heavy (non-hydrogen) atoms. The molecule has 0 saturated heterocycles. The Labute approximate surface area is 233 Å². The van der Waals surface area contributed by atoms with Crippen molar-refractivity contribution < 1.29 is 19.1 Å². The summed E-state index contributed by atoms with van der Waals surface area (Å²) in [4.78, 5) is 42.3. The number of rotatable bonds is 11. The Kier molecular flexibility index (Phi) is 11.4. The van der Waals surface area contributed by atoms with Gasteiger partial charge in [-0.2, -0.15) is 0 Å². The summed E-state index contributed by atoms with van der Waals surface area (Å²) in [5.74, 6) is 1.79. The van der Waals surface area contributed by atoms with Crippen LogP contribution in [0, 0.1) is 29.6 Å². The van der Waals surface area contributed by atoms with E-state index in [1.807, 2.05) is 33.8 Å². The smallest absolute Gasteiger partial charge is 0.407 e. The van der Waals surface area contributed by atoms with Gasteiger partial charge in [-0.15, -0.1) is 0 Å². The van der Waals surface area contributed by atoms with E-state index in [0.29, 0.717) is 50.1 Å². The van der Waals surface area contributed by atoms with Crippen LogP contribution in [0.25, 0.3) is 0 Å². The highest BCUT2D eigenvalue weighted by Crippen LogP contribution is 2.46. The molecule has 2 aliphatic carbocycles. The van der Waals surface area contributed by atoms with Gasteiger partial charge in [0.05, 0.1) is 5.92 Å². The van der Waals surface area contributed by atoms with Crippen molar-refractivity contribution in [2.24, 2.45) is 29.6 Å². The monoisotopic (exact) mass is 543 g/mol. The molecule has 5 atom stereocenters. The van der Waals surface area contributed by atoms with Crippen molar-refractivity contribution in [2.75, 3.05) is 18.8 Å². The van der Waals surface area contributed by atoms with E-state index in [0.717, 1.165) is 18.4 Å². The normalized spacial score (nSPS) is 22.6. The molecule has 3 amide bonds. The molecular weight excluding hydrogens is 494 g/mol. The lowest BCUT2D eigenvalue weighted by Crippen LogP contribution is -2.47. The predicted octanol–water partition coefficient (Wildman–Crippen LogP) is 4.56. The molecule has 1 aromatic rings. The average molecular weight is 544 g/mol. The third kappa shape index (κ3) is 10.3. The van der Waals surface area contributed by atoms with Crippen LogP contribution in [-0.2, 0) is 20.9 Å². The average Bonchev–Trinajstić information content (AvgIpc) is 2.89. The summed E-state index contributed by atoms with van der Waals surface area (Å²) in [5, 5.41) is 8.95. The molecule has 2 saturated carbocycles. The molecule has 0 aromatic carbocycles. The Bertz CT molecular complexity index is 944. The molecule has 3 unspecified atom stereocenters. The maximum Gasteiger partial charge on any atom is 0.407 e. The molecule has 218 valence electrons. The lowest BCUT2D eigenvalue weighted by Gasteiger charge is -2.44. The van der Waals surface area contributed by atoms with E-state index in [2.05, 4.69) is 20.9 Å². The number of nitrogens with zero attached hydrogens (tertiary/aromatic N) is 1. The minimum absolute atomic E-state index is 0.00160. The Hall–Kier alpha value is -2.84. The van der Waals surface area contributed by atoms with Crippen LogP contribution in [0.2, 0.25) is 0 Å². The minimum Gasteiger partial charge on any atom is -0.444 e. The Morgan fingerprint density at radius 3 is 2.49 bits per heavy atom. The van der Waals surface area contributed by atoms with Gasteiger partial charge in [-0.1, -0.05) is 45.1 Å². The van der Waals surface area contributed by atoms with Crippen LogP contribution in [0.4, 0.5) is 10.6 Å². The number of ether oxygens (including phenoxy) is 1. The van der Waals surface area contributed by atoms with Crippen LogP contribution in [0.5, 0.6) is 0 Å². The standard InChI is InChI=1S/C30H49N5O4/c1-20(16-35-29(38)39-30(2,3)4)12-15-27(36)33-19-25(24-11-7-9-22-8-5-6-10-23(22)24)28(37)34-18-21-13-14-26(31)32-17-21/h13-14,17,20,22-25H,5-12,15-16,18-19H2,1-4H3,(H2,31,32)(H,33,36)(H,34,37)(H,35,38)/t20-,22?,23?,24?,25+/m1/s1. The van der Waals surface area contributed by atoms with Crippen LogP contribution in [0.3, 0.4) is 0 Å². The van der Waals surface area contributed by atoms with Crippen molar-refractivity contribution >= 4 is 23.7 Å². The van der Waals surface area contributed by atoms with E-state index in [9.17, 15) is 14.4 Å². The number of carbonyl (C=O) groups excluding carboxylic acids is 3. The summed E-state index contributed by atoms with van der Waals surface area (Å²) < 4.78 is 5.27. The number of amides is 3. The SMILES string of the molecule is C[C@H](CCC(=O)NC[C@H](C(=O)NCc1ccc(N)nc1)C1CCCC2CCCCC21)CNC(=O)OC(C)(C)C. The first-order valence-corrected chi connectivity index (χ1v) is 14.7. The van der Waals surface area contributed by atoms with Crippen LogP contribution >= 0.6 is 0 Å². The van der Waals surface area contributed by atoms with E-state index in [4.69, 9.17) is 10.5 Å². The number of alkyl carbamates (subject to hydrolysis) is 1. The highest BCUT2D eigenvalue weighted by Gasteiger charge is 2.41. The van der Waals surface area contributed by atoms with Crippen molar-refractivity contribution in [1.29, 1.82) is 0 Å². The molecule has 0 radical (unpaired) electrons. The van der Waals surface area contributed by atoms with Gasteiger partial charge in [0, 0.05) is 32.3 Å². The van der Waals surface area contributed by atoms with Crippen LogP contribution in [-0.4, -0.2) is 41.6 Å². The van der Waals surface area contributed by atoms with Crippen LogP contribution < -0.4 is 21.7 Å². The molecule has 0 spiro atoms. The zero-order valence-corrected chi connectivity index (χ0v) is 24.3. The van der Waals surface area contributed by atoms with E-state index >= 15 is 0 Å². The highest BCUT2D eigenvalue weighted by atomic mass is 16.6. The summed E-state index contributed by atoms with van der Waals surface area (Å²) in [7, 11) is 0. The van der Waals surface area contributed by atoms with Gasteiger partial charge < -0.3 is 26.4 Å². The molecular formula is C30H49N5O4. The van der Waals surface area contributed by atoms with Gasteiger partial charge in [0.1, 0.15) is 11.4 Å². The van der Waals surface area contributed by atoms with Crippen molar-refractivity contribution in [3.8, 4) is 0 Å². The summed E-state index contributed by atoms with van der Waals surface area (Å²) in [6.07, 6.45) is 10.6. The summed E-state index contributed by atoms with van der Waals surface area (Å²) in [6.45, 7) is 8.65. The molecule has 2 fully saturated rings. The highest BCUT2D eigenvalue weighted by molar-refractivity contribution is 5.81. The van der Waals surface area contributed by atoms with Gasteiger partial charge in [0.2, 0.25) is 11.8 Å². The zero-order chi connectivity index (χ0) is 28.4. The van der Waals surface area contributed by atoms with Crippen LogP contribution in [0.15, 0.2) is 18.3 Å².